The van der Waals surface area contributed by atoms with Gasteiger partial charge in [0.25, 0.3) is 5.91 Å². The second kappa shape index (κ2) is 9.25. The van der Waals surface area contributed by atoms with E-state index in [2.05, 4.69) is 56.5 Å². The maximum absolute atomic E-state index is 13.4. The lowest BCUT2D eigenvalue weighted by Gasteiger charge is -2.25. The first kappa shape index (κ1) is 21.1. The van der Waals surface area contributed by atoms with E-state index in [0.29, 0.717) is 19.0 Å². The third kappa shape index (κ3) is 4.87. The Morgan fingerprint density at radius 3 is 2.59 bits per heavy atom. The van der Waals surface area contributed by atoms with Crippen molar-refractivity contribution < 1.29 is 4.79 Å². The van der Waals surface area contributed by atoms with Crippen molar-refractivity contribution in [3.8, 4) is 0 Å². The highest BCUT2D eigenvalue weighted by molar-refractivity contribution is 5.95. The number of carbonyl (C=O) groups is 1. The number of nitrogens with zero attached hydrogens (tertiary/aromatic N) is 3. The van der Waals surface area contributed by atoms with Crippen molar-refractivity contribution >= 4 is 16.9 Å². The highest BCUT2D eigenvalue weighted by Gasteiger charge is 2.22. The van der Waals surface area contributed by atoms with Crippen LogP contribution in [-0.4, -0.2) is 26.9 Å². The Morgan fingerprint density at radius 1 is 1.14 bits per heavy atom. The number of rotatable bonds is 8. The van der Waals surface area contributed by atoms with E-state index >= 15 is 0 Å². The third-order valence-corrected chi connectivity index (χ3v) is 5.29. The summed E-state index contributed by atoms with van der Waals surface area (Å²) in [7, 11) is 0. The molecule has 0 radical (unpaired) electrons. The Labute approximate surface area is 174 Å². The molecule has 4 heteroatoms. The zero-order valence-electron chi connectivity index (χ0n) is 18.4. The number of amides is 1. The molecule has 1 amide bonds. The molecule has 0 saturated carbocycles. The standard InChI is InChI=1S/C25H33N3O/c1-6-7-14-28-23-11-9-8-10-22(23)26-24(28)17-27(16-18(2)3)25(29)21-13-12-19(4)15-20(21)5/h8-13,15,18H,6-7,14,16-17H2,1-5H3. The van der Waals surface area contributed by atoms with E-state index < -0.39 is 0 Å². The fourth-order valence-corrected chi connectivity index (χ4v) is 3.87. The maximum atomic E-state index is 13.4. The van der Waals surface area contributed by atoms with Gasteiger partial charge in [-0.25, -0.2) is 4.98 Å². The van der Waals surface area contributed by atoms with Crippen LogP contribution < -0.4 is 0 Å². The summed E-state index contributed by atoms with van der Waals surface area (Å²) in [5.74, 6) is 1.45. The second-order valence-electron chi connectivity index (χ2n) is 8.42. The van der Waals surface area contributed by atoms with Gasteiger partial charge < -0.3 is 9.47 Å². The molecule has 0 bridgehead atoms. The number of imidazole rings is 1. The van der Waals surface area contributed by atoms with Gasteiger partial charge in [0.15, 0.2) is 0 Å². The molecular weight excluding hydrogens is 358 g/mol. The first-order chi connectivity index (χ1) is 13.9. The van der Waals surface area contributed by atoms with Gasteiger partial charge in [-0.1, -0.05) is 57.0 Å². The van der Waals surface area contributed by atoms with Gasteiger partial charge in [-0.15, -0.1) is 0 Å². The predicted molar refractivity (Wildman–Crippen MR) is 120 cm³/mol. The van der Waals surface area contributed by atoms with Gasteiger partial charge in [-0.3, -0.25) is 4.79 Å². The van der Waals surface area contributed by atoms with Gasteiger partial charge in [0.2, 0.25) is 0 Å². The Balaban J connectivity index is 1.97. The largest absolute Gasteiger partial charge is 0.331 e. The molecule has 1 aromatic heterocycles. The highest BCUT2D eigenvalue weighted by Crippen LogP contribution is 2.21. The van der Waals surface area contributed by atoms with Gasteiger partial charge in [-0.05, 0) is 49.9 Å². The van der Waals surface area contributed by atoms with Gasteiger partial charge in [0, 0.05) is 18.7 Å². The first-order valence-electron chi connectivity index (χ1n) is 10.7. The van der Waals surface area contributed by atoms with Crippen molar-refractivity contribution in [2.24, 2.45) is 5.92 Å². The summed E-state index contributed by atoms with van der Waals surface area (Å²) >= 11 is 0. The molecule has 0 unspecified atom stereocenters. The summed E-state index contributed by atoms with van der Waals surface area (Å²) in [6, 6.07) is 14.3. The van der Waals surface area contributed by atoms with Crippen molar-refractivity contribution in [2.75, 3.05) is 6.54 Å². The topological polar surface area (TPSA) is 38.1 Å². The lowest BCUT2D eigenvalue weighted by Crippen LogP contribution is -2.35. The molecule has 0 N–H and O–H groups in total. The Bertz CT molecular complexity index is 987. The van der Waals surface area contributed by atoms with Crippen LogP contribution in [0.3, 0.4) is 0 Å². The third-order valence-electron chi connectivity index (χ3n) is 5.29. The molecule has 2 aromatic carbocycles. The predicted octanol–water partition coefficient (Wildman–Crippen LogP) is 5.75. The van der Waals surface area contributed by atoms with Gasteiger partial charge >= 0.3 is 0 Å². The lowest BCUT2D eigenvalue weighted by molar-refractivity contribution is 0.0715. The zero-order valence-corrected chi connectivity index (χ0v) is 18.4. The smallest absolute Gasteiger partial charge is 0.254 e. The minimum atomic E-state index is 0.0882. The van der Waals surface area contributed by atoms with Crippen LogP contribution in [0, 0.1) is 19.8 Å². The number of benzene rings is 2. The highest BCUT2D eigenvalue weighted by atomic mass is 16.2. The van der Waals surface area contributed by atoms with E-state index in [1.54, 1.807) is 0 Å². The average molecular weight is 392 g/mol. The fourth-order valence-electron chi connectivity index (χ4n) is 3.87. The minimum Gasteiger partial charge on any atom is -0.331 e. The van der Waals surface area contributed by atoms with Crippen molar-refractivity contribution in [1.82, 2.24) is 14.5 Å². The molecule has 0 saturated heterocycles. The molecule has 154 valence electrons. The van der Waals surface area contributed by atoms with Gasteiger partial charge in [-0.2, -0.15) is 0 Å². The summed E-state index contributed by atoms with van der Waals surface area (Å²) in [4.78, 5) is 20.3. The molecule has 0 spiro atoms. The molecule has 0 aliphatic carbocycles. The number of aromatic nitrogens is 2. The van der Waals surface area contributed by atoms with Crippen LogP contribution in [-0.2, 0) is 13.1 Å². The summed E-state index contributed by atoms with van der Waals surface area (Å²) in [5.41, 5.74) is 5.15. The molecule has 0 aliphatic heterocycles. The van der Waals surface area contributed by atoms with Crippen molar-refractivity contribution in [3.63, 3.8) is 0 Å². The van der Waals surface area contributed by atoms with E-state index in [9.17, 15) is 4.79 Å². The van der Waals surface area contributed by atoms with Crippen LogP contribution in [0.25, 0.3) is 11.0 Å². The van der Waals surface area contributed by atoms with Crippen LogP contribution in [0.2, 0.25) is 0 Å². The minimum absolute atomic E-state index is 0.0882. The normalized spacial score (nSPS) is 11.4. The summed E-state index contributed by atoms with van der Waals surface area (Å²) < 4.78 is 2.29. The lowest BCUT2D eigenvalue weighted by atomic mass is 10.0. The summed E-state index contributed by atoms with van der Waals surface area (Å²) in [6.07, 6.45) is 2.23. The number of carbonyl (C=O) groups excluding carboxylic acids is 1. The fraction of sp³-hybridized carbons (Fsp3) is 0.440. The molecule has 1 heterocycles. The molecule has 4 nitrogen and oxygen atoms in total. The van der Waals surface area contributed by atoms with E-state index in [-0.39, 0.29) is 5.91 Å². The van der Waals surface area contributed by atoms with Crippen LogP contribution in [0.15, 0.2) is 42.5 Å². The Hall–Kier alpha value is -2.62. The van der Waals surface area contributed by atoms with Crippen molar-refractivity contribution in [2.45, 2.75) is 60.5 Å². The number of hydrogen-bond acceptors (Lipinski definition) is 2. The Kier molecular flexibility index (Phi) is 6.73. The SMILES string of the molecule is CCCCn1c(CN(CC(C)C)C(=O)c2ccc(C)cc2C)nc2ccccc21. The summed E-state index contributed by atoms with van der Waals surface area (Å²) in [5, 5.41) is 0. The number of aryl methyl sites for hydroxylation is 3. The first-order valence-corrected chi connectivity index (χ1v) is 10.7. The monoisotopic (exact) mass is 391 g/mol. The van der Waals surface area contributed by atoms with Crippen molar-refractivity contribution in [1.29, 1.82) is 0 Å². The van der Waals surface area contributed by atoms with Crippen molar-refractivity contribution in [3.05, 3.63) is 65.0 Å². The number of para-hydroxylation sites is 2. The van der Waals surface area contributed by atoms with Crippen LogP contribution in [0.1, 0.15) is 60.9 Å². The van der Waals surface area contributed by atoms with E-state index in [1.807, 2.05) is 30.0 Å². The summed E-state index contributed by atoms with van der Waals surface area (Å²) in [6.45, 7) is 12.8. The number of hydrogen-bond donors (Lipinski definition) is 0. The van der Waals surface area contributed by atoms with E-state index in [1.165, 1.54) is 5.56 Å². The van der Waals surface area contributed by atoms with E-state index in [4.69, 9.17) is 4.98 Å². The second-order valence-corrected chi connectivity index (χ2v) is 8.42. The van der Waals surface area contributed by atoms with Gasteiger partial charge in [0.05, 0.1) is 17.6 Å². The van der Waals surface area contributed by atoms with Crippen LogP contribution in [0.4, 0.5) is 0 Å². The molecule has 0 atom stereocenters. The van der Waals surface area contributed by atoms with Crippen LogP contribution in [0.5, 0.6) is 0 Å². The molecular formula is C25H33N3O. The molecule has 0 fully saturated rings. The quantitative estimate of drug-likeness (QED) is 0.490. The Morgan fingerprint density at radius 2 is 1.90 bits per heavy atom. The zero-order chi connectivity index (χ0) is 21.0. The number of fused-ring (bicyclic) bond motifs is 1. The molecule has 0 aliphatic rings. The van der Waals surface area contributed by atoms with Crippen LogP contribution >= 0.6 is 0 Å². The van der Waals surface area contributed by atoms with Gasteiger partial charge in [0.1, 0.15) is 5.82 Å². The maximum Gasteiger partial charge on any atom is 0.254 e. The molecule has 3 aromatic rings. The number of unbranched alkanes of at least 4 members (excludes halogenated alkanes) is 1. The molecule has 29 heavy (non-hydrogen) atoms. The van der Waals surface area contributed by atoms with E-state index in [0.717, 1.165) is 47.4 Å². The average Bonchev–Trinajstić information content (AvgIpc) is 3.02. The molecule has 3 rings (SSSR count).